The number of nitrogens with one attached hydrogen (secondary N) is 2. The molecular formula is C18H22N2O. The van der Waals surface area contributed by atoms with Gasteiger partial charge in [-0.25, -0.2) is 0 Å². The first kappa shape index (κ1) is 15.1. The fourth-order valence-electron chi connectivity index (χ4n) is 2.22. The molecule has 2 aromatic carbocycles. The van der Waals surface area contributed by atoms with Gasteiger partial charge in [-0.1, -0.05) is 26.0 Å². The molecule has 0 fully saturated rings. The minimum atomic E-state index is -0.0764. The Kier molecular flexibility index (Phi) is 4.63. The van der Waals surface area contributed by atoms with Crippen molar-refractivity contribution in [3.63, 3.8) is 0 Å². The second-order valence-corrected chi connectivity index (χ2v) is 5.51. The van der Waals surface area contributed by atoms with Crippen LogP contribution in [0.15, 0.2) is 42.5 Å². The van der Waals surface area contributed by atoms with Crippen molar-refractivity contribution >= 4 is 17.3 Å². The topological polar surface area (TPSA) is 41.1 Å². The van der Waals surface area contributed by atoms with E-state index in [1.165, 1.54) is 5.56 Å². The second kappa shape index (κ2) is 6.44. The summed E-state index contributed by atoms with van der Waals surface area (Å²) in [5, 5.41) is 6.01. The molecule has 0 saturated carbocycles. The van der Waals surface area contributed by atoms with E-state index in [1.807, 2.05) is 44.3 Å². The maximum Gasteiger partial charge on any atom is 0.255 e. The lowest BCUT2D eigenvalue weighted by molar-refractivity contribution is 0.102. The number of anilines is 2. The third-order valence-corrected chi connectivity index (χ3v) is 3.59. The first-order chi connectivity index (χ1) is 10.0. The van der Waals surface area contributed by atoms with Crippen LogP contribution in [0.5, 0.6) is 0 Å². The Hall–Kier alpha value is -2.29. The Morgan fingerprint density at radius 3 is 2.14 bits per heavy atom. The molecule has 2 rings (SSSR count). The molecule has 110 valence electrons. The Morgan fingerprint density at radius 1 is 1.00 bits per heavy atom. The molecule has 0 aliphatic carbocycles. The maximum atomic E-state index is 12.3. The predicted octanol–water partition coefficient (Wildman–Crippen LogP) is 4.41. The van der Waals surface area contributed by atoms with E-state index in [2.05, 4.69) is 36.6 Å². The van der Waals surface area contributed by atoms with Crippen LogP contribution in [0.2, 0.25) is 0 Å². The molecule has 3 nitrogen and oxygen atoms in total. The predicted molar refractivity (Wildman–Crippen MR) is 89.2 cm³/mol. The van der Waals surface area contributed by atoms with Crippen LogP contribution in [0.3, 0.4) is 0 Å². The van der Waals surface area contributed by atoms with E-state index in [0.29, 0.717) is 11.5 Å². The van der Waals surface area contributed by atoms with E-state index in [1.54, 1.807) is 0 Å². The van der Waals surface area contributed by atoms with Crippen molar-refractivity contribution in [3.05, 3.63) is 59.2 Å². The van der Waals surface area contributed by atoms with Gasteiger partial charge in [-0.15, -0.1) is 0 Å². The lowest BCUT2D eigenvalue weighted by Crippen LogP contribution is -2.13. The van der Waals surface area contributed by atoms with Crippen molar-refractivity contribution in [2.45, 2.75) is 26.7 Å². The second-order valence-electron chi connectivity index (χ2n) is 5.51. The van der Waals surface area contributed by atoms with E-state index in [-0.39, 0.29) is 5.91 Å². The highest BCUT2D eigenvalue weighted by Crippen LogP contribution is 2.19. The molecule has 0 bridgehead atoms. The smallest absolute Gasteiger partial charge is 0.255 e. The fourth-order valence-corrected chi connectivity index (χ4v) is 2.22. The average Bonchev–Trinajstić information content (AvgIpc) is 2.47. The summed E-state index contributed by atoms with van der Waals surface area (Å²) in [5.41, 5.74) is 4.74. The van der Waals surface area contributed by atoms with Crippen LogP contribution < -0.4 is 10.6 Å². The molecular weight excluding hydrogens is 260 g/mol. The molecule has 2 N–H and O–H groups in total. The van der Waals surface area contributed by atoms with Crippen LogP contribution in [0.1, 0.15) is 41.3 Å². The van der Waals surface area contributed by atoms with Crippen molar-refractivity contribution in [2.24, 2.45) is 0 Å². The van der Waals surface area contributed by atoms with Gasteiger partial charge in [0.15, 0.2) is 0 Å². The van der Waals surface area contributed by atoms with Gasteiger partial charge < -0.3 is 10.6 Å². The largest absolute Gasteiger partial charge is 0.388 e. The molecule has 0 unspecified atom stereocenters. The van der Waals surface area contributed by atoms with Gasteiger partial charge in [0.1, 0.15) is 0 Å². The summed E-state index contributed by atoms with van der Waals surface area (Å²) in [5.74, 6) is 0.415. The Balaban J connectivity index is 2.14. The maximum absolute atomic E-state index is 12.3. The molecule has 0 radical (unpaired) electrons. The van der Waals surface area contributed by atoms with Crippen molar-refractivity contribution in [1.29, 1.82) is 0 Å². The fraction of sp³-hybridized carbons (Fsp3) is 0.278. The summed E-state index contributed by atoms with van der Waals surface area (Å²) < 4.78 is 0. The third kappa shape index (κ3) is 3.63. The molecule has 1 amide bonds. The summed E-state index contributed by atoms with van der Waals surface area (Å²) in [4.78, 5) is 12.3. The molecule has 21 heavy (non-hydrogen) atoms. The van der Waals surface area contributed by atoms with Crippen molar-refractivity contribution in [3.8, 4) is 0 Å². The van der Waals surface area contributed by atoms with Crippen molar-refractivity contribution in [2.75, 3.05) is 17.7 Å². The number of hydrogen-bond acceptors (Lipinski definition) is 2. The molecule has 0 aliphatic heterocycles. The summed E-state index contributed by atoms with van der Waals surface area (Å²) in [7, 11) is 1.87. The number of aryl methyl sites for hydroxylation is 1. The Labute approximate surface area is 126 Å². The standard InChI is InChI=1S/C18H22N2O/c1-12(2)14-5-7-15(8-6-14)20-18(21)17-10-9-16(19-4)11-13(17)3/h5-12,19H,1-4H3,(H,20,21). The van der Waals surface area contributed by atoms with Crippen LogP contribution in [0, 0.1) is 6.92 Å². The van der Waals surface area contributed by atoms with E-state index >= 15 is 0 Å². The van der Waals surface area contributed by atoms with E-state index in [4.69, 9.17) is 0 Å². The van der Waals surface area contributed by atoms with Gasteiger partial charge in [-0.05, 0) is 54.3 Å². The van der Waals surface area contributed by atoms with Crippen molar-refractivity contribution < 1.29 is 4.79 Å². The van der Waals surface area contributed by atoms with Crippen LogP contribution in [0.25, 0.3) is 0 Å². The molecule has 0 saturated heterocycles. The monoisotopic (exact) mass is 282 g/mol. The first-order valence-electron chi connectivity index (χ1n) is 7.21. The first-order valence-corrected chi connectivity index (χ1v) is 7.21. The molecule has 0 aromatic heterocycles. The quantitative estimate of drug-likeness (QED) is 0.872. The lowest BCUT2D eigenvalue weighted by Gasteiger charge is -2.11. The minimum Gasteiger partial charge on any atom is -0.388 e. The van der Waals surface area contributed by atoms with Crippen LogP contribution in [-0.2, 0) is 0 Å². The summed E-state index contributed by atoms with van der Waals surface area (Å²) in [6.45, 7) is 6.25. The lowest BCUT2D eigenvalue weighted by atomic mass is 10.0. The SMILES string of the molecule is CNc1ccc(C(=O)Nc2ccc(C(C)C)cc2)c(C)c1. The van der Waals surface area contributed by atoms with Gasteiger partial charge in [0, 0.05) is 24.0 Å². The third-order valence-electron chi connectivity index (χ3n) is 3.59. The normalized spacial score (nSPS) is 10.5. The van der Waals surface area contributed by atoms with E-state index < -0.39 is 0 Å². The summed E-state index contributed by atoms with van der Waals surface area (Å²) in [6, 6.07) is 13.7. The molecule has 0 aliphatic rings. The molecule has 0 atom stereocenters. The van der Waals surface area contributed by atoms with E-state index in [9.17, 15) is 4.79 Å². The highest BCUT2D eigenvalue weighted by molar-refractivity contribution is 6.05. The van der Waals surface area contributed by atoms with Crippen LogP contribution in [0.4, 0.5) is 11.4 Å². The number of amides is 1. The molecule has 0 spiro atoms. The highest BCUT2D eigenvalue weighted by Gasteiger charge is 2.10. The number of hydrogen-bond donors (Lipinski definition) is 2. The van der Waals surface area contributed by atoms with Gasteiger partial charge in [-0.2, -0.15) is 0 Å². The zero-order chi connectivity index (χ0) is 15.4. The zero-order valence-electron chi connectivity index (χ0n) is 13.0. The molecule has 2 aromatic rings. The number of benzene rings is 2. The van der Waals surface area contributed by atoms with Crippen molar-refractivity contribution in [1.82, 2.24) is 0 Å². The Morgan fingerprint density at radius 2 is 1.62 bits per heavy atom. The van der Waals surface area contributed by atoms with Gasteiger partial charge in [0.2, 0.25) is 0 Å². The van der Waals surface area contributed by atoms with Gasteiger partial charge >= 0.3 is 0 Å². The molecule has 0 heterocycles. The number of carbonyl (C=O) groups is 1. The van der Waals surface area contributed by atoms with Crippen LogP contribution >= 0.6 is 0 Å². The van der Waals surface area contributed by atoms with E-state index in [0.717, 1.165) is 16.9 Å². The Bertz CT molecular complexity index is 630. The zero-order valence-corrected chi connectivity index (χ0v) is 13.0. The van der Waals surface area contributed by atoms with Crippen LogP contribution in [-0.4, -0.2) is 13.0 Å². The van der Waals surface area contributed by atoms with Gasteiger partial charge in [-0.3, -0.25) is 4.79 Å². The number of carbonyl (C=O) groups excluding carboxylic acids is 1. The van der Waals surface area contributed by atoms with Gasteiger partial charge in [0.25, 0.3) is 5.91 Å². The summed E-state index contributed by atoms with van der Waals surface area (Å²) in [6.07, 6.45) is 0. The minimum absolute atomic E-state index is 0.0764. The number of rotatable bonds is 4. The molecule has 3 heteroatoms. The highest BCUT2D eigenvalue weighted by atomic mass is 16.1. The van der Waals surface area contributed by atoms with Gasteiger partial charge in [0.05, 0.1) is 0 Å². The average molecular weight is 282 g/mol. The summed E-state index contributed by atoms with van der Waals surface area (Å²) >= 11 is 0.